The third kappa shape index (κ3) is 4.44. The molecule has 2 fully saturated rings. The van der Waals surface area contributed by atoms with E-state index in [0.29, 0.717) is 6.04 Å². The van der Waals surface area contributed by atoms with Crippen LogP contribution < -0.4 is 0 Å². The lowest BCUT2D eigenvalue weighted by atomic mass is 9.89. The van der Waals surface area contributed by atoms with Gasteiger partial charge in [-0.15, -0.1) is 0 Å². The van der Waals surface area contributed by atoms with Gasteiger partial charge >= 0.3 is 0 Å². The highest BCUT2D eigenvalue weighted by Crippen LogP contribution is 2.26. The normalized spacial score (nSPS) is 23.1. The Morgan fingerprint density at radius 2 is 1.91 bits per heavy atom. The van der Waals surface area contributed by atoms with E-state index < -0.39 is 0 Å². The molecule has 3 rings (SSSR count). The van der Waals surface area contributed by atoms with Crippen LogP contribution in [0.3, 0.4) is 0 Å². The summed E-state index contributed by atoms with van der Waals surface area (Å²) in [6.07, 6.45) is 2.43. The molecule has 0 saturated carbocycles. The molecule has 1 aromatic carbocycles. The summed E-state index contributed by atoms with van der Waals surface area (Å²) in [4.78, 5) is 4.99. The summed E-state index contributed by atoms with van der Waals surface area (Å²) in [5.74, 6) is 0.436. The quantitative estimate of drug-likeness (QED) is 0.835. The van der Waals surface area contributed by atoms with Crippen LogP contribution >= 0.6 is 11.6 Å². The second-order valence-corrected chi connectivity index (χ2v) is 7.16. The number of benzene rings is 1. The zero-order valence-electron chi connectivity index (χ0n) is 13.8. The number of piperidine rings is 1. The van der Waals surface area contributed by atoms with Crippen molar-refractivity contribution < 1.29 is 9.13 Å². The molecule has 0 amide bonds. The molecule has 1 atom stereocenters. The van der Waals surface area contributed by atoms with E-state index in [9.17, 15) is 4.39 Å². The van der Waals surface area contributed by atoms with Gasteiger partial charge in [-0.25, -0.2) is 4.39 Å². The van der Waals surface area contributed by atoms with Crippen molar-refractivity contribution in [3.63, 3.8) is 0 Å². The molecule has 0 unspecified atom stereocenters. The van der Waals surface area contributed by atoms with Crippen LogP contribution in [0, 0.1) is 11.7 Å². The fourth-order valence-corrected chi connectivity index (χ4v) is 3.89. The molecular weight excluding hydrogens is 315 g/mol. The van der Waals surface area contributed by atoms with Gasteiger partial charge in [0.05, 0.1) is 18.2 Å². The van der Waals surface area contributed by atoms with Crippen LogP contribution in [0.4, 0.5) is 4.39 Å². The van der Waals surface area contributed by atoms with E-state index >= 15 is 0 Å². The molecule has 2 aliphatic heterocycles. The van der Waals surface area contributed by atoms with Gasteiger partial charge in [0.25, 0.3) is 0 Å². The van der Waals surface area contributed by atoms with Crippen LogP contribution in [0.15, 0.2) is 18.2 Å². The Balaban J connectivity index is 1.48. The van der Waals surface area contributed by atoms with Gasteiger partial charge in [-0.05, 0) is 56.5 Å². The number of morpholine rings is 1. The largest absolute Gasteiger partial charge is 0.379 e. The van der Waals surface area contributed by atoms with Crippen LogP contribution in [0.25, 0.3) is 0 Å². The highest BCUT2D eigenvalue weighted by atomic mass is 35.5. The highest BCUT2D eigenvalue weighted by molar-refractivity contribution is 6.30. The predicted octanol–water partition coefficient (Wildman–Crippen LogP) is 3.41. The molecule has 0 aromatic heterocycles. The first-order valence-corrected chi connectivity index (χ1v) is 8.99. The molecule has 128 valence electrons. The maximum atomic E-state index is 13.5. The molecule has 1 aromatic rings. The third-order valence-corrected chi connectivity index (χ3v) is 5.63. The van der Waals surface area contributed by atoms with Crippen molar-refractivity contribution >= 4 is 11.6 Å². The van der Waals surface area contributed by atoms with Gasteiger partial charge in [-0.2, -0.15) is 0 Å². The Bertz CT molecular complexity index is 514. The highest BCUT2D eigenvalue weighted by Gasteiger charge is 2.28. The predicted molar refractivity (Wildman–Crippen MR) is 91.3 cm³/mol. The maximum absolute atomic E-state index is 13.5. The van der Waals surface area contributed by atoms with E-state index in [1.807, 2.05) is 6.07 Å². The summed E-state index contributed by atoms with van der Waals surface area (Å²) in [7, 11) is 0. The second kappa shape index (κ2) is 7.93. The summed E-state index contributed by atoms with van der Waals surface area (Å²) in [5, 5.41) is 0.201. The summed E-state index contributed by atoms with van der Waals surface area (Å²) in [6, 6.07) is 5.77. The van der Waals surface area contributed by atoms with Crippen LogP contribution in [0.2, 0.25) is 5.02 Å². The Labute approximate surface area is 143 Å². The Hall–Kier alpha value is -0.680. The molecule has 3 nitrogen and oxygen atoms in total. The molecular formula is C18H26ClFN2O. The van der Waals surface area contributed by atoms with Gasteiger partial charge in [0.2, 0.25) is 0 Å². The number of ether oxygens (including phenoxy) is 1. The second-order valence-electron chi connectivity index (χ2n) is 6.75. The monoisotopic (exact) mass is 340 g/mol. The molecule has 2 aliphatic rings. The minimum absolute atomic E-state index is 0.201. The average Bonchev–Trinajstić information content (AvgIpc) is 2.59. The summed E-state index contributed by atoms with van der Waals surface area (Å²) >= 11 is 5.75. The number of hydrogen-bond acceptors (Lipinski definition) is 3. The minimum atomic E-state index is -0.319. The van der Waals surface area contributed by atoms with Crippen molar-refractivity contribution in [3.05, 3.63) is 34.6 Å². The van der Waals surface area contributed by atoms with E-state index in [1.54, 1.807) is 12.1 Å². The van der Waals surface area contributed by atoms with Crippen molar-refractivity contribution in [1.82, 2.24) is 9.80 Å². The van der Waals surface area contributed by atoms with Gasteiger partial charge in [-0.3, -0.25) is 9.80 Å². The molecule has 2 heterocycles. The zero-order chi connectivity index (χ0) is 16.2. The zero-order valence-corrected chi connectivity index (χ0v) is 14.6. The van der Waals surface area contributed by atoms with Crippen molar-refractivity contribution in [3.8, 4) is 0 Å². The smallest absolute Gasteiger partial charge is 0.142 e. The number of rotatable bonds is 4. The fourth-order valence-electron chi connectivity index (χ4n) is 3.77. The Kier molecular flexibility index (Phi) is 5.91. The minimum Gasteiger partial charge on any atom is -0.379 e. The summed E-state index contributed by atoms with van der Waals surface area (Å²) in [6.45, 7) is 9.20. The van der Waals surface area contributed by atoms with Gasteiger partial charge in [0.15, 0.2) is 0 Å². The van der Waals surface area contributed by atoms with E-state index in [4.69, 9.17) is 16.3 Å². The maximum Gasteiger partial charge on any atom is 0.142 e. The Morgan fingerprint density at radius 3 is 2.57 bits per heavy atom. The van der Waals surface area contributed by atoms with Gasteiger partial charge in [-0.1, -0.05) is 17.7 Å². The standard InChI is InChI=1S/C18H26ClFN2O/c1-14(22-8-10-23-11-9-22)16-4-6-21(7-5-16)13-15-2-3-17(19)18(20)12-15/h2-3,12,14,16H,4-11,13H2,1H3/t14-/m0/s1. The summed E-state index contributed by atoms with van der Waals surface area (Å²) < 4.78 is 19.0. The first-order chi connectivity index (χ1) is 11.1. The van der Waals surface area contributed by atoms with Crippen LogP contribution in [0.5, 0.6) is 0 Å². The van der Waals surface area contributed by atoms with Gasteiger partial charge < -0.3 is 4.74 Å². The van der Waals surface area contributed by atoms with Crippen molar-refractivity contribution in [2.24, 2.45) is 5.92 Å². The lowest BCUT2D eigenvalue weighted by molar-refractivity contribution is -0.00192. The first-order valence-electron chi connectivity index (χ1n) is 8.61. The molecule has 0 radical (unpaired) electrons. The van der Waals surface area contributed by atoms with Crippen molar-refractivity contribution in [2.45, 2.75) is 32.4 Å². The molecule has 5 heteroatoms. The van der Waals surface area contributed by atoms with Gasteiger partial charge in [0.1, 0.15) is 5.82 Å². The van der Waals surface area contributed by atoms with Crippen molar-refractivity contribution in [2.75, 3.05) is 39.4 Å². The van der Waals surface area contributed by atoms with E-state index in [2.05, 4.69) is 16.7 Å². The lowest BCUT2D eigenvalue weighted by Crippen LogP contribution is -2.48. The average molecular weight is 341 g/mol. The van der Waals surface area contributed by atoms with E-state index in [-0.39, 0.29) is 10.8 Å². The molecule has 0 bridgehead atoms. The summed E-state index contributed by atoms with van der Waals surface area (Å²) in [5.41, 5.74) is 1.01. The van der Waals surface area contributed by atoms with Gasteiger partial charge in [0, 0.05) is 25.7 Å². The third-order valence-electron chi connectivity index (χ3n) is 5.33. The lowest BCUT2D eigenvalue weighted by Gasteiger charge is -2.41. The number of hydrogen-bond donors (Lipinski definition) is 0. The first kappa shape index (κ1) is 17.2. The fraction of sp³-hybridized carbons (Fsp3) is 0.667. The molecule has 23 heavy (non-hydrogen) atoms. The van der Waals surface area contributed by atoms with E-state index in [1.165, 1.54) is 12.8 Å². The number of nitrogens with zero attached hydrogens (tertiary/aromatic N) is 2. The van der Waals surface area contributed by atoms with Crippen LogP contribution in [-0.2, 0) is 11.3 Å². The Morgan fingerprint density at radius 1 is 1.22 bits per heavy atom. The molecule has 2 saturated heterocycles. The molecule has 0 N–H and O–H groups in total. The van der Waals surface area contributed by atoms with Crippen LogP contribution in [0.1, 0.15) is 25.3 Å². The van der Waals surface area contributed by atoms with E-state index in [0.717, 1.165) is 57.4 Å². The number of likely N-dealkylation sites (tertiary alicyclic amines) is 1. The molecule has 0 spiro atoms. The number of halogens is 2. The SMILES string of the molecule is C[C@@H](C1CCN(Cc2ccc(Cl)c(F)c2)CC1)N1CCOCC1. The van der Waals surface area contributed by atoms with Crippen LogP contribution in [-0.4, -0.2) is 55.2 Å². The van der Waals surface area contributed by atoms with Crippen molar-refractivity contribution in [1.29, 1.82) is 0 Å². The topological polar surface area (TPSA) is 15.7 Å². The molecule has 0 aliphatic carbocycles.